The molecule has 2 aromatic heterocycles. The van der Waals surface area contributed by atoms with Crippen molar-refractivity contribution < 1.29 is 19.1 Å². The summed E-state index contributed by atoms with van der Waals surface area (Å²) >= 11 is 0. The molecule has 0 radical (unpaired) electrons. The Bertz CT molecular complexity index is 817. The first-order chi connectivity index (χ1) is 11.8. The minimum absolute atomic E-state index is 0.0726. The van der Waals surface area contributed by atoms with Crippen molar-refractivity contribution in [3.05, 3.63) is 65.6 Å². The van der Waals surface area contributed by atoms with E-state index >= 15 is 0 Å². The molecule has 3 rings (SSSR count). The van der Waals surface area contributed by atoms with Gasteiger partial charge in [0.1, 0.15) is 11.8 Å². The normalized spacial score (nSPS) is 18.1. The lowest BCUT2D eigenvalue weighted by Gasteiger charge is -2.26. The van der Waals surface area contributed by atoms with Crippen molar-refractivity contribution in [2.45, 2.75) is 33.4 Å². The third-order valence-corrected chi connectivity index (χ3v) is 4.10. The molecular formula is C19H20N2O4. The molecule has 1 amide bonds. The first-order valence-corrected chi connectivity index (χ1v) is 8.03. The summed E-state index contributed by atoms with van der Waals surface area (Å²) in [4.78, 5) is 31.2. The van der Waals surface area contributed by atoms with Gasteiger partial charge in [0, 0.05) is 11.6 Å². The highest BCUT2D eigenvalue weighted by atomic mass is 16.3. The molecule has 25 heavy (non-hydrogen) atoms. The number of rotatable bonds is 4. The molecule has 1 atom stereocenters. The van der Waals surface area contributed by atoms with E-state index in [4.69, 9.17) is 4.42 Å². The third kappa shape index (κ3) is 3.07. The number of furan rings is 1. The quantitative estimate of drug-likeness (QED) is 0.924. The summed E-state index contributed by atoms with van der Waals surface area (Å²) in [6.45, 7) is 5.41. The minimum atomic E-state index is -0.767. The van der Waals surface area contributed by atoms with Crippen LogP contribution in [0.2, 0.25) is 0 Å². The van der Waals surface area contributed by atoms with E-state index in [2.05, 4.69) is 4.98 Å². The molecule has 0 fully saturated rings. The molecule has 1 aliphatic heterocycles. The van der Waals surface area contributed by atoms with Crippen molar-refractivity contribution in [1.82, 2.24) is 9.88 Å². The van der Waals surface area contributed by atoms with Gasteiger partial charge in [0.25, 0.3) is 5.91 Å². The summed E-state index contributed by atoms with van der Waals surface area (Å²) in [5.41, 5.74) is -0.0110. The molecule has 0 aromatic carbocycles. The predicted octanol–water partition coefficient (Wildman–Crippen LogP) is 3.19. The zero-order valence-corrected chi connectivity index (χ0v) is 14.4. The number of carbonyl (C=O) groups excluding carboxylic acids is 2. The highest BCUT2D eigenvalue weighted by Gasteiger charge is 2.47. The Morgan fingerprint density at radius 2 is 2.04 bits per heavy atom. The standard InChI is InChI=1S/C19H20N2O4/c1-19(2,3)17(23)14-15(13-8-6-10-25-13)21(18(24)16(14)22)11-12-7-4-5-9-20-12/h4-10,15,22H,11H2,1-3H3. The first-order valence-electron chi connectivity index (χ1n) is 8.03. The van der Waals surface area contributed by atoms with Crippen molar-refractivity contribution in [2.75, 3.05) is 0 Å². The van der Waals surface area contributed by atoms with E-state index in [1.165, 1.54) is 11.2 Å². The van der Waals surface area contributed by atoms with Crippen LogP contribution in [0.1, 0.15) is 38.3 Å². The van der Waals surface area contributed by atoms with E-state index in [1.54, 1.807) is 51.2 Å². The molecule has 6 nitrogen and oxygen atoms in total. The van der Waals surface area contributed by atoms with E-state index in [1.807, 2.05) is 6.07 Å². The number of aromatic nitrogens is 1. The molecule has 1 unspecified atom stereocenters. The monoisotopic (exact) mass is 340 g/mol. The van der Waals surface area contributed by atoms with Crippen LogP contribution < -0.4 is 0 Å². The lowest BCUT2D eigenvalue weighted by molar-refractivity contribution is -0.130. The van der Waals surface area contributed by atoms with Crippen molar-refractivity contribution >= 4 is 11.7 Å². The molecule has 130 valence electrons. The first kappa shape index (κ1) is 17.0. The number of pyridine rings is 1. The Kier molecular flexibility index (Phi) is 4.20. The van der Waals surface area contributed by atoms with Gasteiger partial charge in [-0.05, 0) is 24.3 Å². The van der Waals surface area contributed by atoms with Crippen LogP contribution in [-0.4, -0.2) is 26.7 Å². The van der Waals surface area contributed by atoms with E-state index in [9.17, 15) is 14.7 Å². The number of hydrogen-bond donors (Lipinski definition) is 1. The molecule has 0 bridgehead atoms. The molecule has 6 heteroatoms. The Balaban J connectivity index is 2.05. The van der Waals surface area contributed by atoms with Gasteiger partial charge < -0.3 is 14.4 Å². The van der Waals surface area contributed by atoms with Crippen LogP contribution in [-0.2, 0) is 16.1 Å². The summed E-state index contributed by atoms with van der Waals surface area (Å²) in [5.74, 6) is -0.971. The Labute approximate surface area is 145 Å². The molecule has 0 spiro atoms. The van der Waals surface area contributed by atoms with Gasteiger partial charge in [-0.1, -0.05) is 26.8 Å². The highest BCUT2D eigenvalue weighted by molar-refractivity contribution is 6.10. The summed E-state index contributed by atoms with van der Waals surface area (Å²) in [5, 5.41) is 10.4. The second kappa shape index (κ2) is 6.20. The number of aliphatic hydroxyl groups excluding tert-OH is 1. The van der Waals surface area contributed by atoms with Gasteiger partial charge in [-0.3, -0.25) is 14.6 Å². The van der Waals surface area contributed by atoms with Gasteiger partial charge in [-0.15, -0.1) is 0 Å². The highest BCUT2D eigenvalue weighted by Crippen LogP contribution is 2.41. The minimum Gasteiger partial charge on any atom is -0.503 e. The smallest absolute Gasteiger partial charge is 0.290 e. The average molecular weight is 340 g/mol. The van der Waals surface area contributed by atoms with Crippen LogP contribution in [0.4, 0.5) is 0 Å². The zero-order valence-electron chi connectivity index (χ0n) is 14.4. The molecule has 1 N–H and O–H groups in total. The second-order valence-electron chi connectivity index (χ2n) is 7.01. The Hall–Kier alpha value is -2.89. The van der Waals surface area contributed by atoms with Crippen LogP contribution in [0.25, 0.3) is 0 Å². The predicted molar refractivity (Wildman–Crippen MR) is 90.4 cm³/mol. The summed E-state index contributed by atoms with van der Waals surface area (Å²) in [7, 11) is 0. The number of nitrogens with zero attached hydrogens (tertiary/aromatic N) is 2. The molecule has 3 heterocycles. The van der Waals surface area contributed by atoms with E-state index < -0.39 is 23.1 Å². The van der Waals surface area contributed by atoms with Gasteiger partial charge in [0.05, 0.1) is 24.1 Å². The fourth-order valence-corrected chi connectivity index (χ4v) is 2.86. The number of amides is 1. The number of Topliss-reactive ketones (excluding diaryl/α,β-unsaturated/α-hetero) is 1. The summed E-state index contributed by atoms with van der Waals surface area (Å²) < 4.78 is 5.46. The average Bonchev–Trinajstić information content (AvgIpc) is 3.17. The van der Waals surface area contributed by atoms with Gasteiger partial charge in [-0.25, -0.2) is 0 Å². The second-order valence-corrected chi connectivity index (χ2v) is 7.01. The number of ketones is 1. The molecule has 0 aliphatic carbocycles. The fourth-order valence-electron chi connectivity index (χ4n) is 2.86. The molecule has 1 aliphatic rings. The van der Waals surface area contributed by atoms with Crippen LogP contribution in [0, 0.1) is 5.41 Å². The Morgan fingerprint density at radius 1 is 1.28 bits per heavy atom. The largest absolute Gasteiger partial charge is 0.503 e. The lowest BCUT2D eigenvalue weighted by Crippen LogP contribution is -2.32. The molecule has 0 saturated heterocycles. The third-order valence-electron chi connectivity index (χ3n) is 4.10. The van der Waals surface area contributed by atoms with Crippen molar-refractivity contribution in [2.24, 2.45) is 5.41 Å². The van der Waals surface area contributed by atoms with Gasteiger partial charge in [0.2, 0.25) is 0 Å². The maximum atomic E-state index is 12.9. The summed E-state index contributed by atoms with van der Waals surface area (Å²) in [6.07, 6.45) is 3.11. The number of hydrogen-bond acceptors (Lipinski definition) is 5. The van der Waals surface area contributed by atoms with Gasteiger partial charge in [0.15, 0.2) is 11.5 Å². The number of carbonyl (C=O) groups is 2. The van der Waals surface area contributed by atoms with Crippen LogP contribution in [0.3, 0.4) is 0 Å². The van der Waals surface area contributed by atoms with Crippen molar-refractivity contribution in [3.63, 3.8) is 0 Å². The van der Waals surface area contributed by atoms with Crippen molar-refractivity contribution in [1.29, 1.82) is 0 Å². The zero-order chi connectivity index (χ0) is 18.2. The lowest BCUT2D eigenvalue weighted by atomic mass is 9.83. The van der Waals surface area contributed by atoms with Crippen LogP contribution >= 0.6 is 0 Å². The van der Waals surface area contributed by atoms with E-state index in [0.717, 1.165) is 0 Å². The molecule has 2 aromatic rings. The number of aliphatic hydroxyl groups is 1. The Morgan fingerprint density at radius 3 is 2.60 bits per heavy atom. The van der Waals surface area contributed by atoms with Crippen LogP contribution in [0.5, 0.6) is 0 Å². The van der Waals surface area contributed by atoms with Gasteiger partial charge in [-0.2, -0.15) is 0 Å². The summed E-state index contributed by atoms with van der Waals surface area (Å²) in [6, 6.07) is 8.00. The van der Waals surface area contributed by atoms with Crippen molar-refractivity contribution in [3.8, 4) is 0 Å². The fraction of sp³-hybridized carbons (Fsp3) is 0.316. The SMILES string of the molecule is CC(C)(C)C(=O)C1=C(O)C(=O)N(Cc2ccccn2)C1c1ccco1. The van der Waals surface area contributed by atoms with Gasteiger partial charge >= 0.3 is 0 Å². The molecule has 0 saturated carbocycles. The maximum absolute atomic E-state index is 12.9. The van der Waals surface area contributed by atoms with Crippen LogP contribution in [0.15, 0.2) is 58.5 Å². The maximum Gasteiger partial charge on any atom is 0.290 e. The molecular weight excluding hydrogens is 320 g/mol. The van der Waals surface area contributed by atoms with E-state index in [0.29, 0.717) is 11.5 Å². The topological polar surface area (TPSA) is 83.6 Å². The van der Waals surface area contributed by atoms with E-state index in [-0.39, 0.29) is 17.9 Å².